The minimum Gasteiger partial charge on any atom is -0.760 e. The van der Waals surface area contributed by atoms with Gasteiger partial charge < -0.3 is 19.5 Å². The van der Waals surface area contributed by atoms with Gasteiger partial charge in [-0.3, -0.25) is 19.5 Å². The first-order chi connectivity index (χ1) is 12.5. The van der Waals surface area contributed by atoms with Crippen LogP contribution in [0.25, 0.3) is 0 Å². The number of likely N-dealkylation sites (tertiary alicyclic amines) is 1. The molecule has 0 radical (unpaired) electrons. The molecule has 2 aliphatic rings. The quantitative estimate of drug-likeness (QED) is 0.454. The van der Waals surface area contributed by atoms with Crippen LogP contribution in [0.1, 0.15) is 25.7 Å². The predicted octanol–water partition coefficient (Wildman–Crippen LogP) is 1.39. The fourth-order valence-corrected chi connectivity index (χ4v) is 3.43. The lowest BCUT2D eigenvalue weighted by Gasteiger charge is -2.39. The molecule has 0 amide bonds. The molecule has 9 nitrogen and oxygen atoms in total. The Kier molecular flexibility index (Phi) is 8.39. The lowest BCUT2D eigenvalue weighted by Crippen LogP contribution is -2.46. The standard InChI is InChI=1S/C16H23N3O3.H3NO2S/c20-19(21)16-4-2-1-3-15(16)17-13-5-9-18(10-6-13)14-7-11-22-12-8-14;1-4(2)3/h1-4,13-14,17H,5-12H2;1H2,(H,2,3)/p-1. The fourth-order valence-electron chi connectivity index (χ4n) is 3.43. The number of hydrogen-bond acceptors (Lipinski definition) is 7. The van der Waals surface area contributed by atoms with E-state index >= 15 is 0 Å². The number of nitrogens with one attached hydrogen (secondary N) is 1. The van der Waals surface area contributed by atoms with Crippen molar-refractivity contribution in [3.05, 3.63) is 34.4 Å². The molecule has 0 aromatic heterocycles. The number of nitro benzene ring substituents is 1. The molecule has 1 atom stereocenters. The van der Waals surface area contributed by atoms with Crippen molar-refractivity contribution in [2.24, 2.45) is 5.14 Å². The molecule has 26 heavy (non-hydrogen) atoms. The smallest absolute Gasteiger partial charge is 0.292 e. The summed E-state index contributed by atoms with van der Waals surface area (Å²) in [5.74, 6) is 0. The van der Waals surface area contributed by atoms with Gasteiger partial charge in [-0.05, 0) is 31.7 Å². The van der Waals surface area contributed by atoms with Crippen LogP contribution < -0.4 is 10.5 Å². The summed E-state index contributed by atoms with van der Waals surface area (Å²) < 4.78 is 23.0. The van der Waals surface area contributed by atoms with Crippen LogP contribution in [0.2, 0.25) is 0 Å². The second-order valence-corrected chi connectivity index (χ2v) is 6.85. The summed E-state index contributed by atoms with van der Waals surface area (Å²) in [6, 6.07) is 7.87. The largest absolute Gasteiger partial charge is 0.760 e. The third-order valence-electron chi connectivity index (χ3n) is 4.70. The maximum absolute atomic E-state index is 11.1. The fraction of sp³-hybridized carbons (Fsp3) is 0.625. The van der Waals surface area contributed by atoms with Crippen molar-refractivity contribution in [1.29, 1.82) is 0 Å². The van der Waals surface area contributed by atoms with Gasteiger partial charge in [0.15, 0.2) is 0 Å². The van der Waals surface area contributed by atoms with E-state index in [1.807, 2.05) is 6.07 Å². The van der Waals surface area contributed by atoms with E-state index in [0.29, 0.717) is 17.8 Å². The van der Waals surface area contributed by atoms with Crippen molar-refractivity contribution in [3.8, 4) is 0 Å². The number of nitrogens with two attached hydrogens (primary N) is 1. The van der Waals surface area contributed by atoms with Gasteiger partial charge >= 0.3 is 0 Å². The predicted molar refractivity (Wildman–Crippen MR) is 98.3 cm³/mol. The molecular formula is C16H25N4O5S-. The summed E-state index contributed by atoms with van der Waals surface area (Å²) in [5, 5.41) is 18.5. The van der Waals surface area contributed by atoms with Gasteiger partial charge in [0.05, 0.1) is 4.92 Å². The number of anilines is 1. The zero-order valence-corrected chi connectivity index (χ0v) is 15.4. The first-order valence-electron chi connectivity index (χ1n) is 8.62. The monoisotopic (exact) mass is 385 g/mol. The average Bonchev–Trinajstić information content (AvgIpc) is 2.63. The number of ether oxygens (including phenoxy) is 1. The second kappa shape index (κ2) is 10.5. The van der Waals surface area contributed by atoms with Crippen molar-refractivity contribution >= 4 is 22.6 Å². The minimum absolute atomic E-state index is 0.161. The number of para-hydroxylation sites is 2. The van der Waals surface area contributed by atoms with E-state index in [0.717, 1.165) is 52.0 Å². The topological polar surface area (TPSA) is 134 Å². The van der Waals surface area contributed by atoms with Crippen molar-refractivity contribution in [2.75, 3.05) is 31.6 Å². The molecule has 3 N–H and O–H groups in total. The molecule has 0 bridgehead atoms. The van der Waals surface area contributed by atoms with Crippen molar-refractivity contribution < 1.29 is 18.4 Å². The molecule has 2 saturated heterocycles. The van der Waals surface area contributed by atoms with Gasteiger partial charge in [-0.2, -0.15) is 0 Å². The Morgan fingerprint density at radius 3 is 2.35 bits per heavy atom. The summed E-state index contributed by atoms with van der Waals surface area (Å²) in [5.41, 5.74) is 0.798. The Balaban J connectivity index is 0.000000552. The molecule has 2 aliphatic heterocycles. The van der Waals surface area contributed by atoms with Crippen molar-refractivity contribution in [2.45, 2.75) is 37.8 Å². The third-order valence-corrected chi connectivity index (χ3v) is 4.70. The minimum atomic E-state index is -2.36. The van der Waals surface area contributed by atoms with Crippen LogP contribution in [0.15, 0.2) is 24.3 Å². The second-order valence-electron chi connectivity index (χ2n) is 6.33. The van der Waals surface area contributed by atoms with Crippen molar-refractivity contribution in [3.63, 3.8) is 0 Å². The van der Waals surface area contributed by atoms with Crippen molar-refractivity contribution in [1.82, 2.24) is 4.90 Å². The van der Waals surface area contributed by atoms with Gasteiger partial charge in [-0.25, -0.2) is 0 Å². The molecule has 10 heteroatoms. The number of piperidine rings is 1. The Hall–Kier alpha value is -1.59. The molecule has 2 heterocycles. The van der Waals surface area contributed by atoms with E-state index < -0.39 is 11.3 Å². The van der Waals surface area contributed by atoms with E-state index in [-0.39, 0.29) is 10.6 Å². The van der Waals surface area contributed by atoms with Gasteiger partial charge in [0, 0.05) is 55.7 Å². The van der Waals surface area contributed by atoms with E-state index in [1.165, 1.54) is 0 Å². The van der Waals surface area contributed by atoms with Gasteiger partial charge in [-0.15, -0.1) is 0 Å². The number of hydrogen-bond donors (Lipinski definition) is 2. The van der Waals surface area contributed by atoms with Crippen LogP contribution in [-0.4, -0.2) is 57.0 Å². The zero-order valence-electron chi connectivity index (χ0n) is 14.5. The molecule has 2 fully saturated rings. The Morgan fingerprint density at radius 2 is 1.77 bits per heavy atom. The normalized spacial score (nSPS) is 20.7. The highest BCUT2D eigenvalue weighted by atomic mass is 32.2. The van der Waals surface area contributed by atoms with Gasteiger partial charge in [0.2, 0.25) is 0 Å². The molecule has 1 aromatic carbocycles. The zero-order chi connectivity index (χ0) is 18.9. The summed E-state index contributed by atoms with van der Waals surface area (Å²) in [6.07, 6.45) is 4.32. The maximum atomic E-state index is 11.1. The first kappa shape index (κ1) is 20.7. The van der Waals surface area contributed by atoms with E-state index in [4.69, 9.17) is 13.5 Å². The van der Waals surface area contributed by atoms with Gasteiger partial charge in [0.1, 0.15) is 5.69 Å². The van der Waals surface area contributed by atoms with Crippen LogP contribution in [0.4, 0.5) is 11.4 Å². The molecule has 1 aromatic rings. The Morgan fingerprint density at radius 1 is 1.19 bits per heavy atom. The Bertz CT molecular complexity index is 600. The molecule has 0 saturated carbocycles. The summed E-state index contributed by atoms with van der Waals surface area (Å²) in [4.78, 5) is 13.3. The highest BCUT2D eigenvalue weighted by molar-refractivity contribution is 7.76. The summed E-state index contributed by atoms with van der Waals surface area (Å²) >= 11 is -2.36. The van der Waals surface area contributed by atoms with Gasteiger partial charge in [-0.1, -0.05) is 12.1 Å². The molecule has 1 unspecified atom stereocenters. The lowest BCUT2D eigenvalue weighted by molar-refractivity contribution is -0.384. The SMILES string of the molecule is NS(=O)[O-].O=[N+]([O-])c1ccccc1NC1CCN(C2CCOCC2)CC1. The maximum Gasteiger partial charge on any atom is 0.292 e. The van der Waals surface area contributed by atoms with Gasteiger partial charge in [0.25, 0.3) is 5.69 Å². The highest BCUT2D eigenvalue weighted by Crippen LogP contribution is 2.27. The molecular weight excluding hydrogens is 360 g/mol. The first-order valence-corrected chi connectivity index (χ1v) is 9.76. The Labute approximate surface area is 155 Å². The van der Waals surface area contributed by atoms with E-state index in [9.17, 15) is 10.1 Å². The van der Waals surface area contributed by atoms with Crippen LogP contribution in [0.5, 0.6) is 0 Å². The third kappa shape index (κ3) is 6.61. The molecule has 146 valence electrons. The van der Waals surface area contributed by atoms with Crippen LogP contribution in [0, 0.1) is 10.1 Å². The van der Waals surface area contributed by atoms with Crippen LogP contribution >= 0.6 is 0 Å². The number of benzene rings is 1. The summed E-state index contributed by atoms with van der Waals surface area (Å²) in [6.45, 7) is 3.87. The molecule has 0 aliphatic carbocycles. The van der Waals surface area contributed by atoms with E-state index in [2.05, 4.69) is 15.4 Å². The number of nitrogens with zero attached hydrogens (tertiary/aromatic N) is 2. The lowest BCUT2D eigenvalue weighted by atomic mass is 9.99. The van der Waals surface area contributed by atoms with Crippen LogP contribution in [-0.2, 0) is 16.0 Å². The molecule has 3 rings (SSSR count). The number of rotatable bonds is 4. The average molecular weight is 385 g/mol. The van der Waals surface area contributed by atoms with E-state index in [1.54, 1.807) is 18.2 Å². The highest BCUT2D eigenvalue weighted by Gasteiger charge is 2.27. The summed E-state index contributed by atoms with van der Waals surface area (Å²) in [7, 11) is 0. The number of nitro groups is 1. The molecule has 0 spiro atoms. The van der Waals surface area contributed by atoms with Crippen LogP contribution in [0.3, 0.4) is 0 Å².